The highest BCUT2D eigenvalue weighted by Gasteiger charge is 2.27. The van der Waals surface area contributed by atoms with Gasteiger partial charge < -0.3 is 0 Å². The maximum atomic E-state index is 2.53. The lowest BCUT2D eigenvalue weighted by atomic mass is 9.89. The van der Waals surface area contributed by atoms with Gasteiger partial charge in [-0.05, 0) is 66.8 Å². The highest BCUT2D eigenvalue weighted by Crippen LogP contribution is 2.37. The average molecular weight is 450 g/mol. The number of imidazole rings is 1. The topological polar surface area (TPSA) is 8.29 Å². The number of nitrogens with zero attached hydrogens (tertiary/aromatic N) is 2. The van der Waals surface area contributed by atoms with Crippen LogP contribution in [0.3, 0.4) is 0 Å². The second kappa shape index (κ2) is 8.58. The maximum Gasteiger partial charge on any atom is 0.295 e. The highest BCUT2D eigenvalue weighted by molar-refractivity contribution is 6.13. The van der Waals surface area contributed by atoms with Crippen LogP contribution < -0.4 is 4.57 Å². The van der Waals surface area contributed by atoms with Crippen molar-refractivity contribution < 1.29 is 4.57 Å². The molecule has 0 bridgehead atoms. The Morgan fingerprint density at radius 2 is 1.41 bits per heavy atom. The van der Waals surface area contributed by atoms with Crippen LogP contribution in [0.1, 0.15) is 49.9 Å². The largest absolute Gasteiger partial charge is 0.295 e. The molecule has 2 nitrogen and oxygen atoms in total. The molecule has 2 heteroatoms. The number of hydrogen-bond donors (Lipinski definition) is 0. The predicted octanol–water partition coefficient (Wildman–Crippen LogP) is 7.75. The second-order valence-electron chi connectivity index (χ2n) is 10.9. The third kappa shape index (κ3) is 3.60. The van der Waals surface area contributed by atoms with Crippen molar-refractivity contribution in [1.29, 1.82) is 0 Å². The molecule has 0 aliphatic heterocycles. The first-order valence-electron chi connectivity index (χ1n) is 12.7. The third-order valence-corrected chi connectivity index (χ3v) is 7.25. The Balaban J connectivity index is 2.00. The Morgan fingerprint density at radius 3 is 2.06 bits per heavy atom. The van der Waals surface area contributed by atoms with Gasteiger partial charge in [-0.2, -0.15) is 4.40 Å². The highest BCUT2D eigenvalue weighted by atomic mass is 15.1. The van der Waals surface area contributed by atoms with E-state index in [4.69, 9.17) is 0 Å². The van der Waals surface area contributed by atoms with E-state index in [1.54, 1.807) is 0 Å². The van der Waals surface area contributed by atoms with Gasteiger partial charge in [0.15, 0.2) is 5.69 Å². The molecule has 2 aromatic heterocycles. The van der Waals surface area contributed by atoms with Crippen molar-refractivity contribution in [2.24, 2.45) is 18.9 Å². The van der Waals surface area contributed by atoms with E-state index in [0.717, 1.165) is 12.8 Å². The summed E-state index contributed by atoms with van der Waals surface area (Å²) < 4.78 is 4.88. The molecule has 0 aliphatic carbocycles. The second-order valence-corrected chi connectivity index (χ2v) is 10.9. The lowest BCUT2D eigenvalue weighted by Gasteiger charge is -2.16. The fraction of sp³-hybridized carbons (Fsp3) is 0.344. The standard InChI is InChI=1S/C32H37N2/c1-20(2)17-24-11-10-12-25(18-21(3)4)31(24)29-19-33(7)32-30-23(6)22(5)15-16-27(30)26-13-8-9-14-28(26)34(29)32/h8-16,19-21H,17-18H2,1-7H3/q+1. The summed E-state index contributed by atoms with van der Waals surface area (Å²) in [6.45, 7) is 13.8. The van der Waals surface area contributed by atoms with Crippen LogP contribution in [0.5, 0.6) is 0 Å². The third-order valence-electron chi connectivity index (χ3n) is 7.25. The SMILES string of the molecule is Cc1ccc2c3ccccc3n3c(-c4c(CC(C)C)cccc4CC(C)C)c[n+](C)c3c2c1C. The summed E-state index contributed by atoms with van der Waals surface area (Å²) in [4.78, 5) is 0. The fourth-order valence-electron chi connectivity index (χ4n) is 5.71. The summed E-state index contributed by atoms with van der Waals surface area (Å²) >= 11 is 0. The Kier molecular flexibility index (Phi) is 5.72. The van der Waals surface area contributed by atoms with Crippen molar-refractivity contribution >= 4 is 27.3 Å². The predicted molar refractivity (Wildman–Crippen MR) is 146 cm³/mol. The molecular weight excluding hydrogens is 412 g/mol. The van der Waals surface area contributed by atoms with Gasteiger partial charge in [0.1, 0.15) is 11.7 Å². The zero-order valence-electron chi connectivity index (χ0n) is 21.7. The summed E-state index contributed by atoms with van der Waals surface area (Å²) in [7, 11) is 2.21. The zero-order chi connectivity index (χ0) is 24.1. The lowest BCUT2D eigenvalue weighted by molar-refractivity contribution is -0.643. The van der Waals surface area contributed by atoms with Gasteiger partial charge in [-0.3, -0.25) is 0 Å². The van der Waals surface area contributed by atoms with E-state index in [9.17, 15) is 0 Å². The number of hydrogen-bond acceptors (Lipinski definition) is 0. The quantitative estimate of drug-likeness (QED) is 0.191. The van der Waals surface area contributed by atoms with Gasteiger partial charge in [0.25, 0.3) is 5.65 Å². The monoisotopic (exact) mass is 449 g/mol. The molecule has 5 rings (SSSR count). The average Bonchev–Trinajstić information content (AvgIpc) is 3.12. The van der Waals surface area contributed by atoms with Gasteiger partial charge in [-0.25, -0.2) is 4.57 Å². The molecule has 0 unspecified atom stereocenters. The van der Waals surface area contributed by atoms with Gasteiger partial charge in [0.2, 0.25) is 0 Å². The molecule has 0 amide bonds. The van der Waals surface area contributed by atoms with Crippen LogP contribution in [0.15, 0.2) is 60.8 Å². The van der Waals surface area contributed by atoms with Crippen molar-refractivity contribution in [3.63, 3.8) is 0 Å². The first kappa shape index (κ1) is 22.7. The summed E-state index contributed by atoms with van der Waals surface area (Å²) in [6, 6.07) is 20.4. The minimum Gasteiger partial charge on any atom is -0.232 e. The van der Waals surface area contributed by atoms with Gasteiger partial charge >= 0.3 is 0 Å². The van der Waals surface area contributed by atoms with Gasteiger partial charge in [-0.1, -0.05) is 76.2 Å². The van der Waals surface area contributed by atoms with E-state index in [-0.39, 0.29) is 0 Å². The summed E-state index contributed by atoms with van der Waals surface area (Å²) in [5, 5.41) is 4.01. The van der Waals surface area contributed by atoms with Crippen LogP contribution in [0.25, 0.3) is 38.6 Å². The first-order valence-corrected chi connectivity index (χ1v) is 12.7. The molecule has 0 radical (unpaired) electrons. The number of para-hydroxylation sites is 1. The van der Waals surface area contributed by atoms with E-state index in [0.29, 0.717) is 11.8 Å². The lowest BCUT2D eigenvalue weighted by Crippen LogP contribution is -2.26. The smallest absolute Gasteiger partial charge is 0.232 e. The van der Waals surface area contributed by atoms with Gasteiger partial charge in [0, 0.05) is 16.3 Å². The number of aromatic nitrogens is 2. The molecule has 0 atom stereocenters. The molecule has 5 aromatic rings. The zero-order valence-corrected chi connectivity index (χ0v) is 21.7. The van der Waals surface area contributed by atoms with E-state index in [2.05, 4.69) is 118 Å². The summed E-state index contributed by atoms with van der Waals surface area (Å²) in [5.74, 6) is 1.21. The number of aryl methyl sites for hydroxylation is 3. The van der Waals surface area contributed by atoms with Crippen LogP contribution in [-0.4, -0.2) is 4.40 Å². The fourth-order valence-corrected chi connectivity index (χ4v) is 5.71. The summed E-state index contributed by atoms with van der Waals surface area (Å²) in [5.41, 5.74) is 10.9. The molecule has 2 heterocycles. The first-order chi connectivity index (χ1) is 16.3. The van der Waals surface area contributed by atoms with Crippen LogP contribution in [-0.2, 0) is 19.9 Å². The van der Waals surface area contributed by atoms with E-state index >= 15 is 0 Å². The molecule has 34 heavy (non-hydrogen) atoms. The van der Waals surface area contributed by atoms with Crippen LogP contribution in [0.2, 0.25) is 0 Å². The molecule has 0 N–H and O–H groups in total. The van der Waals surface area contributed by atoms with Crippen molar-refractivity contribution in [3.8, 4) is 11.3 Å². The maximum absolute atomic E-state index is 2.53. The Hall–Kier alpha value is -3.13. The number of benzene rings is 3. The molecule has 0 saturated carbocycles. The number of rotatable bonds is 5. The molecule has 174 valence electrons. The Morgan fingerprint density at radius 1 is 0.765 bits per heavy atom. The Bertz CT molecular complexity index is 1500. The molecule has 0 saturated heterocycles. The molecular formula is C32H37N2+. The Labute approximate surface area is 203 Å². The molecule has 0 aliphatic rings. The normalized spacial score (nSPS) is 12.1. The van der Waals surface area contributed by atoms with Crippen molar-refractivity contribution in [2.45, 2.75) is 54.4 Å². The number of pyridine rings is 1. The van der Waals surface area contributed by atoms with E-state index in [1.807, 2.05) is 0 Å². The minimum absolute atomic E-state index is 0.607. The molecule has 3 aromatic carbocycles. The number of fused-ring (bicyclic) bond motifs is 6. The van der Waals surface area contributed by atoms with E-state index in [1.165, 1.54) is 60.8 Å². The summed E-state index contributed by atoms with van der Waals surface area (Å²) in [6.07, 6.45) is 4.54. The van der Waals surface area contributed by atoms with Crippen LogP contribution in [0, 0.1) is 25.7 Å². The minimum atomic E-state index is 0.607. The van der Waals surface area contributed by atoms with Crippen LogP contribution >= 0.6 is 0 Å². The molecule has 0 fully saturated rings. The van der Waals surface area contributed by atoms with E-state index < -0.39 is 0 Å². The molecule has 0 spiro atoms. The van der Waals surface area contributed by atoms with Crippen LogP contribution in [0.4, 0.5) is 0 Å². The van der Waals surface area contributed by atoms with Gasteiger partial charge in [0.05, 0.1) is 12.4 Å². The van der Waals surface area contributed by atoms with Crippen molar-refractivity contribution in [1.82, 2.24) is 4.40 Å². The van der Waals surface area contributed by atoms with Crippen molar-refractivity contribution in [3.05, 3.63) is 83.0 Å². The van der Waals surface area contributed by atoms with Crippen molar-refractivity contribution in [2.75, 3.05) is 0 Å². The van der Waals surface area contributed by atoms with Gasteiger partial charge in [-0.15, -0.1) is 0 Å².